The van der Waals surface area contributed by atoms with Gasteiger partial charge in [0.15, 0.2) is 0 Å². The Morgan fingerprint density at radius 1 is 1.08 bits per heavy atom. The number of carboxylic acid groups (broad SMARTS) is 1. The van der Waals surface area contributed by atoms with Crippen molar-refractivity contribution in [3.63, 3.8) is 0 Å². The minimum atomic E-state index is -4.22. The van der Waals surface area contributed by atoms with Gasteiger partial charge in [0.2, 0.25) is 0 Å². The first-order valence-corrected chi connectivity index (χ1v) is 8.07. The molecule has 0 fully saturated rings. The number of rotatable bonds is 5. The van der Waals surface area contributed by atoms with Gasteiger partial charge in [-0.3, -0.25) is 4.72 Å². The molecule has 0 heterocycles. The van der Waals surface area contributed by atoms with Crippen LogP contribution < -0.4 is 4.72 Å². The molecule has 7 nitrogen and oxygen atoms in total. The molecule has 0 aliphatic rings. The molecule has 2 N–H and O–H groups in total. The Kier molecular flexibility index (Phi) is 5.02. The third-order valence-corrected chi connectivity index (χ3v) is 4.49. The van der Waals surface area contributed by atoms with Gasteiger partial charge in [0.05, 0.1) is 23.3 Å². The average Bonchev–Trinajstić information content (AvgIpc) is 2.53. The fourth-order valence-electron chi connectivity index (χ4n) is 1.92. The van der Waals surface area contributed by atoms with Gasteiger partial charge < -0.3 is 9.84 Å². The lowest BCUT2D eigenvalue weighted by atomic mass is 10.2. The van der Waals surface area contributed by atoms with E-state index in [1.165, 1.54) is 0 Å². The smallest absolute Gasteiger partial charge is 0.343 e. The van der Waals surface area contributed by atoms with Crippen LogP contribution >= 0.6 is 0 Å². The third kappa shape index (κ3) is 3.91. The lowest BCUT2D eigenvalue weighted by Gasteiger charge is -2.10. The van der Waals surface area contributed by atoms with E-state index in [0.29, 0.717) is 12.1 Å². The van der Waals surface area contributed by atoms with Gasteiger partial charge in [0.25, 0.3) is 10.0 Å². The van der Waals surface area contributed by atoms with Crippen LogP contribution in [0.1, 0.15) is 20.7 Å². The van der Waals surface area contributed by atoms with Crippen molar-refractivity contribution in [2.24, 2.45) is 0 Å². The van der Waals surface area contributed by atoms with E-state index in [1.807, 2.05) is 4.72 Å². The highest BCUT2D eigenvalue weighted by atomic mass is 32.2. The summed E-state index contributed by atoms with van der Waals surface area (Å²) in [5.41, 5.74) is -1.53. The first-order valence-electron chi connectivity index (χ1n) is 6.59. The summed E-state index contributed by atoms with van der Waals surface area (Å²) >= 11 is 0. The summed E-state index contributed by atoms with van der Waals surface area (Å²) in [7, 11) is -3.28. The largest absolute Gasteiger partial charge is 0.478 e. The SMILES string of the molecule is COC(=O)c1c(F)cc(NS(=O)(=O)c2ccc(C(=O)O)cc2)cc1F. The molecular formula is C15H11F2NO6S. The number of benzene rings is 2. The second-order valence-corrected chi connectivity index (χ2v) is 6.42. The zero-order valence-corrected chi connectivity index (χ0v) is 13.4. The van der Waals surface area contributed by atoms with Gasteiger partial charge in [-0.05, 0) is 36.4 Å². The number of carbonyl (C=O) groups excluding carboxylic acids is 1. The Morgan fingerprint density at radius 2 is 1.60 bits per heavy atom. The van der Waals surface area contributed by atoms with Crippen molar-refractivity contribution in [2.75, 3.05) is 11.8 Å². The fraction of sp³-hybridized carbons (Fsp3) is 0.0667. The molecule has 0 aromatic heterocycles. The quantitative estimate of drug-likeness (QED) is 0.780. The number of hydrogen-bond donors (Lipinski definition) is 2. The number of anilines is 1. The molecule has 0 spiro atoms. The van der Waals surface area contributed by atoms with Crippen molar-refractivity contribution in [3.8, 4) is 0 Å². The average molecular weight is 371 g/mol. The maximum Gasteiger partial charge on any atom is 0.343 e. The van der Waals surface area contributed by atoms with Gasteiger partial charge in [0.1, 0.15) is 17.2 Å². The van der Waals surface area contributed by atoms with E-state index in [0.717, 1.165) is 31.4 Å². The summed E-state index contributed by atoms with van der Waals surface area (Å²) in [6.45, 7) is 0. The van der Waals surface area contributed by atoms with Crippen LogP contribution in [-0.2, 0) is 14.8 Å². The fourth-order valence-corrected chi connectivity index (χ4v) is 2.96. The summed E-state index contributed by atoms with van der Waals surface area (Å²) in [6.07, 6.45) is 0. The predicted molar refractivity (Wildman–Crippen MR) is 81.9 cm³/mol. The first kappa shape index (κ1) is 18.3. The summed E-state index contributed by atoms with van der Waals surface area (Å²) < 4.78 is 58.2. The van der Waals surface area contributed by atoms with Crippen molar-refractivity contribution in [1.29, 1.82) is 0 Å². The Bertz CT molecular complexity index is 918. The molecule has 0 aliphatic heterocycles. The standard InChI is InChI=1S/C15H11F2NO6S/c1-24-15(21)13-11(16)6-9(7-12(13)17)18-25(22,23)10-4-2-8(3-5-10)14(19)20/h2-7,18H,1H3,(H,19,20). The second kappa shape index (κ2) is 6.85. The molecule has 2 rings (SSSR count). The molecule has 0 aliphatic carbocycles. The van der Waals surface area contributed by atoms with Gasteiger partial charge in [-0.2, -0.15) is 0 Å². The molecular weight excluding hydrogens is 360 g/mol. The predicted octanol–water partition coefficient (Wildman–Crippen LogP) is 2.25. The van der Waals surface area contributed by atoms with Crippen LogP contribution in [-0.4, -0.2) is 32.6 Å². The molecule has 10 heteroatoms. The highest BCUT2D eigenvalue weighted by Gasteiger charge is 2.22. The number of carbonyl (C=O) groups is 2. The maximum atomic E-state index is 13.8. The molecule has 2 aromatic carbocycles. The Balaban J connectivity index is 2.35. The van der Waals surface area contributed by atoms with E-state index in [9.17, 15) is 26.8 Å². The number of nitrogens with one attached hydrogen (secondary N) is 1. The van der Waals surface area contributed by atoms with Crippen LogP contribution in [0.3, 0.4) is 0 Å². The second-order valence-electron chi connectivity index (χ2n) is 4.74. The van der Waals surface area contributed by atoms with E-state index < -0.39 is 44.8 Å². The number of methoxy groups -OCH3 is 1. The van der Waals surface area contributed by atoms with Crippen LogP contribution in [0, 0.1) is 11.6 Å². The van der Waals surface area contributed by atoms with E-state index in [2.05, 4.69) is 4.74 Å². The van der Waals surface area contributed by atoms with Crippen molar-refractivity contribution in [3.05, 3.63) is 59.2 Å². The maximum absolute atomic E-state index is 13.8. The lowest BCUT2D eigenvalue weighted by molar-refractivity contribution is 0.0589. The molecule has 0 saturated heterocycles. The Morgan fingerprint density at radius 3 is 2.04 bits per heavy atom. The highest BCUT2D eigenvalue weighted by Crippen LogP contribution is 2.22. The van der Waals surface area contributed by atoms with Crippen molar-refractivity contribution in [2.45, 2.75) is 4.90 Å². The number of hydrogen-bond acceptors (Lipinski definition) is 5. The minimum absolute atomic E-state index is 0.126. The van der Waals surface area contributed by atoms with Crippen LogP contribution in [0.5, 0.6) is 0 Å². The minimum Gasteiger partial charge on any atom is -0.478 e. The lowest BCUT2D eigenvalue weighted by Crippen LogP contribution is -2.15. The Hall–Kier alpha value is -3.01. The van der Waals surface area contributed by atoms with Gasteiger partial charge in [0, 0.05) is 0 Å². The van der Waals surface area contributed by atoms with E-state index in [-0.39, 0.29) is 10.5 Å². The first-order chi connectivity index (χ1) is 11.7. The molecule has 132 valence electrons. The van der Waals surface area contributed by atoms with Gasteiger partial charge >= 0.3 is 11.9 Å². The molecule has 0 atom stereocenters. The van der Waals surface area contributed by atoms with Crippen molar-refractivity contribution < 1.29 is 36.6 Å². The number of aromatic carboxylic acids is 1. The monoisotopic (exact) mass is 371 g/mol. The van der Waals surface area contributed by atoms with Gasteiger partial charge in [-0.25, -0.2) is 26.8 Å². The van der Waals surface area contributed by atoms with Crippen molar-refractivity contribution in [1.82, 2.24) is 0 Å². The van der Waals surface area contributed by atoms with E-state index in [4.69, 9.17) is 5.11 Å². The zero-order valence-electron chi connectivity index (χ0n) is 12.6. The summed E-state index contributed by atoms with van der Waals surface area (Å²) in [6, 6.07) is 5.44. The Labute approximate surface area is 140 Å². The molecule has 25 heavy (non-hydrogen) atoms. The topological polar surface area (TPSA) is 110 Å². The zero-order chi connectivity index (χ0) is 18.8. The number of halogens is 2. The summed E-state index contributed by atoms with van der Waals surface area (Å²) in [4.78, 5) is 21.7. The number of ether oxygens (including phenoxy) is 1. The van der Waals surface area contributed by atoms with Crippen LogP contribution in [0.2, 0.25) is 0 Å². The van der Waals surface area contributed by atoms with E-state index >= 15 is 0 Å². The highest BCUT2D eigenvalue weighted by molar-refractivity contribution is 7.92. The molecule has 0 radical (unpaired) electrons. The van der Waals surface area contributed by atoms with Crippen LogP contribution in [0.15, 0.2) is 41.3 Å². The summed E-state index contributed by atoms with van der Waals surface area (Å²) in [5.74, 6) is -5.08. The van der Waals surface area contributed by atoms with Crippen LogP contribution in [0.4, 0.5) is 14.5 Å². The summed E-state index contributed by atoms with van der Waals surface area (Å²) in [5, 5.41) is 8.78. The van der Waals surface area contributed by atoms with Crippen LogP contribution in [0.25, 0.3) is 0 Å². The number of esters is 1. The molecule has 0 amide bonds. The van der Waals surface area contributed by atoms with Crippen molar-refractivity contribution >= 4 is 27.6 Å². The normalized spacial score (nSPS) is 11.0. The molecule has 0 saturated carbocycles. The molecule has 2 aromatic rings. The van der Waals surface area contributed by atoms with Gasteiger partial charge in [-0.1, -0.05) is 0 Å². The molecule has 0 unspecified atom stereocenters. The third-order valence-electron chi connectivity index (χ3n) is 3.10. The number of carboxylic acids is 1. The number of sulfonamides is 1. The molecule has 0 bridgehead atoms. The van der Waals surface area contributed by atoms with Gasteiger partial charge in [-0.15, -0.1) is 0 Å². The van der Waals surface area contributed by atoms with E-state index in [1.54, 1.807) is 0 Å².